The number of benzene rings is 2. The maximum absolute atomic E-state index is 14.9. The van der Waals surface area contributed by atoms with E-state index in [2.05, 4.69) is 31.6 Å². The van der Waals surface area contributed by atoms with Crippen molar-refractivity contribution in [2.45, 2.75) is 133 Å². The van der Waals surface area contributed by atoms with Crippen LogP contribution < -0.4 is 27.0 Å². The molecule has 2 saturated carbocycles. The number of nitrogens with one attached hydrogen (secondary N) is 4. The fourth-order valence-corrected chi connectivity index (χ4v) is 8.36. The molecule has 312 valence electrons. The van der Waals surface area contributed by atoms with Crippen molar-refractivity contribution in [2.24, 2.45) is 11.7 Å². The molecule has 1 saturated heterocycles. The number of rotatable bonds is 17. The summed E-state index contributed by atoms with van der Waals surface area (Å²) in [4.78, 5) is 81.9. The van der Waals surface area contributed by atoms with Crippen LogP contribution in [0.3, 0.4) is 0 Å². The van der Waals surface area contributed by atoms with Crippen LogP contribution in [0.15, 0.2) is 48.7 Å². The van der Waals surface area contributed by atoms with E-state index in [1.165, 1.54) is 15.8 Å². The van der Waals surface area contributed by atoms with Gasteiger partial charge in [0.2, 0.25) is 17.6 Å². The molecular formula is C42H57N9O7. The first-order chi connectivity index (χ1) is 27.8. The second kappa shape index (κ2) is 18.9. The molecule has 58 heavy (non-hydrogen) atoms. The Morgan fingerprint density at radius 2 is 1.66 bits per heavy atom. The summed E-state index contributed by atoms with van der Waals surface area (Å²) >= 11 is 0. The number of likely N-dealkylation sites (tertiary alicyclic amines) is 1. The maximum Gasteiger partial charge on any atom is 0.315 e. The molecule has 16 heteroatoms. The van der Waals surface area contributed by atoms with Gasteiger partial charge in [-0.2, -0.15) is 0 Å². The van der Waals surface area contributed by atoms with Crippen LogP contribution in [0.2, 0.25) is 0 Å². The number of aliphatic hydroxyl groups is 1. The highest BCUT2D eigenvalue weighted by Gasteiger charge is 2.45. The van der Waals surface area contributed by atoms with Crippen molar-refractivity contribution in [1.29, 1.82) is 0 Å². The molecule has 0 bridgehead atoms. The molecule has 0 radical (unpaired) electrons. The van der Waals surface area contributed by atoms with Crippen molar-refractivity contribution in [3.63, 3.8) is 0 Å². The van der Waals surface area contributed by atoms with Gasteiger partial charge in [-0.15, -0.1) is 5.10 Å². The van der Waals surface area contributed by atoms with Gasteiger partial charge in [0.1, 0.15) is 17.7 Å². The third-order valence-corrected chi connectivity index (χ3v) is 11.8. The fraction of sp³-hybridized carbons (Fsp3) is 0.571. The number of primary amides is 1. The fourth-order valence-electron chi connectivity index (χ4n) is 8.36. The van der Waals surface area contributed by atoms with Gasteiger partial charge in [-0.3, -0.25) is 24.0 Å². The Balaban J connectivity index is 1.22. The van der Waals surface area contributed by atoms with E-state index >= 15 is 0 Å². The van der Waals surface area contributed by atoms with Crippen LogP contribution in [0.25, 0.3) is 10.8 Å². The molecule has 1 aliphatic heterocycles. The maximum atomic E-state index is 14.9. The van der Waals surface area contributed by atoms with Crippen molar-refractivity contribution in [1.82, 2.24) is 41.2 Å². The predicted molar refractivity (Wildman–Crippen MR) is 215 cm³/mol. The second-order valence-electron chi connectivity index (χ2n) is 16.7. The van der Waals surface area contributed by atoms with Crippen molar-refractivity contribution >= 4 is 46.2 Å². The van der Waals surface area contributed by atoms with Crippen molar-refractivity contribution in [3.8, 4) is 0 Å². The molecule has 0 spiro atoms. The van der Waals surface area contributed by atoms with Crippen LogP contribution in [0.1, 0.15) is 119 Å². The second-order valence-corrected chi connectivity index (χ2v) is 16.7. The number of nitrogens with zero attached hydrogens (tertiary/aromatic N) is 4. The topological polar surface area (TPSA) is 231 Å². The third-order valence-electron chi connectivity index (χ3n) is 11.8. The zero-order valence-corrected chi connectivity index (χ0v) is 33.5. The Hall–Kier alpha value is -5.38. The zero-order chi connectivity index (χ0) is 41.4. The summed E-state index contributed by atoms with van der Waals surface area (Å²) in [5, 5.41) is 32.5. The normalized spacial score (nSPS) is 19.8. The van der Waals surface area contributed by atoms with Gasteiger partial charge in [-0.05, 0) is 87.6 Å². The number of unbranched alkanes of at least 4 members (excludes halogenated alkanes) is 1. The first-order valence-corrected chi connectivity index (χ1v) is 20.7. The monoisotopic (exact) mass is 799 g/mol. The van der Waals surface area contributed by atoms with E-state index in [1.54, 1.807) is 26.0 Å². The molecular weight excluding hydrogens is 743 g/mol. The molecule has 2 aliphatic carbocycles. The first kappa shape index (κ1) is 42.2. The zero-order valence-electron chi connectivity index (χ0n) is 33.5. The van der Waals surface area contributed by atoms with Gasteiger partial charge in [-0.1, -0.05) is 67.6 Å². The van der Waals surface area contributed by atoms with Crippen LogP contribution in [0.4, 0.5) is 4.79 Å². The van der Waals surface area contributed by atoms with Gasteiger partial charge in [0, 0.05) is 31.1 Å². The van der Waals surface area contributed by atoms with Crippen LogP contribution in [-0.2, 0) is 24.8 Å². The highest BCUT2D eigenvalue weighted by molar-refractivity contribution is 6.37. The molecule has 2 aromatic carbocycles. The minimum atomic E-state index is -1.35. The Kier molecular flexibility index (Phi) is 13.8. The number of nitrogens with two attached hydrogens (primary N) is 1. The molecule has 2 heterocycles. The van der Waals surface area contributed by atoms with Gasteiger partial charge in [0.25, 0.3) is 11.8 Å². The van der Waals surface area contributed by atoms with Crippen molar-refractivity contribution in [2.75, 3.05) is 13.1 Å². The van der Waals surface area contributed by atoms with Gasteiger partial charge >= 0.3 is 6.03 Å². The smallest absolute Gasteiger partial charge is 0.315 e. The molecule has 3 aliphatic rings. The molecule has 2 unspecified atom stereocenters. The number of amides is 6. The number of Topliss-reactive ketones (excluding diaryl/α,β-unsaturated/α-hetero) is 1. The average molecular weight is 800 g/mol. The number of aromatic nitrogens is 3. The lowest BCUT2D eigenvalue weighted by Crippen LogP contribution is -2.56. The minimum Gasteiger partial charge on any atom is -0.384 e. The molecule has 7 N–H and O–H groups in total. The SMILES string of the molecule is CC(C)(O)c1cnnn1[C@H]1C[C@@H](C(=O)NC(CCCCNC(=O)NC2CCC2)C(=O)C(N)=O)N(C(=O)C(CC2CCCCC2)NC(=O)c2ccc3ccccc3c2)C1. The molecule has 16 nitrogen and oxygen atoms in total. The number of fused-ring (bicyclic) bond motifs is 1. The molecule has 3 fully saturated rings. The van der Waals surface area contributed by atoms with E-state index in [0.717, 1.165) is 62.1 Å². The van der Waals surface area contributed by atoms with Crippen LogP contribution in [0.5, 0.6) is 0 Å². The van der Waals surface area contributed by atoms with Gasteiger partial charge in [0.05, 0.1) is 24.0 Å². The Morgan fingerprint density at radius 3 is 2.34 bits per heavy atom. The van der Waals surface area contributed by atoms with Gasteiger partial charge < -0.3 is 37.0 Å². The molecule has 1 aromatic heterocycles. The summed E-state index contributed by atoms with van der Waals surface area (Å²) in [5.74, 6) is -3.55. The van der Waals surface area contributed by atoms with E-state index in [0.29, 0.717) is 37.1 Å². The summed E-state index contributed by atoms with van der Waals surface area (Å²) in [6.07, 6.45) is 10.7. The average Bonchev–Trinajstić information content (AvgIpc) is 3.87. The molecule has 3 aromatic rings. The summed E-state index contributed by atoms with van der Waals surface area (Å²) in [6, 6.07) is 8.99. The lowest BCUT2D eigenvalue weighted by atomic mass is 9.84. The van der Waals surface area contributed by atoms with Crippen LogP contribution >= 0.6 is 0 Å². The summed E-state index contributed by atoms with van der Waals surface area (Å²) in [6.45, 7) is 3.50. The minimum absolute atomic E-state index is 0.000600. The van der Waals surface area contributed by atoms with Crippen LogP contribution in [-0.4, -0.2) is 97.7 Å². The summed E-state index contributed by atoms with van der Waals surface area (Å²) < 4.78 is 1.51. The largest absolute Gasteiger partial charge is 0.384 e. The molecule has 4 atom stereocenters. The van der Waals surface area contributed by atoms with E-state index < -0.39 is 59.2 Å². The lowest BCUT2D eigenvalue weighted by molar-refractivity contribution is -0.142. The number of hydrogen-bond donors (Lipinski definition) is 6. The lowest BCUT2D eigenvalue weighted by Gasteiger charge is -2.32. The number of ketones is 1. The third kappa shape index (κ3) is 10.6. The standard InChI is InChI=1S/C42H57N9O7/c1-42(2,58)35-24-45-49-51(35)31-23-34(39(55)47-32(36(52)37(43)53)17-8-9-20-44-41(57)46-30-15-10-16-30)50(25-31)40(56)33(21-26-11-4-3-5-12-26)48-38(54)29-19-18-27-13-6-7-14-28(27)22-29/h6-7,13-14,18-19,22,24,26,30-34,58H,3-5,8-12,15-17,20-21,23,25H2,1-2H3,(H2,43,53)(H,47,55)(H,48,54)(H2,44,46,57)/t31-,32?,33?,34-/m0/s1. The quantitative estimate of drug-likeness (QED) is 0.0869. The van der Waals surface area contributed by atoms with E-state index in [1.807, 2.05) is 30.3 Å². The Bertz CT molecular complexity index is 1970. The van der Waals surface area contributed by atoms with E-state index in [4.69, 9.17) is 5.73 Å². The first-order valence-electron chi connectivity index (χ1n) is 20.7. The van der Waals surface area contributed by atoms with Crippen molar-refractivity contribution in [3.05, 3.63) is 59.9 Å². The van der Waals surface area contributed by atoms with Crippen molar-refractivity contribution < 1.29 is 33.9 Å². The highest BCUT2D eigenvalue weighted by atomic mass is 16.3. The van der Waals surface area contributed by atoms with Gasteiger partial charge in [-0.25, -0.2) is 9.48 Å². The van der Waals surface area contributed by atoms with Crippen LogP contribution in [0, 0.1) is 5.92 Å². The Morgan fingerprint density at radius 1 is 0.914 bits per heavy atom. The van der Waals surface area contributed by atoms with E-state index in [9.17, 15) is 33.9 Å². The number of carbonyl (C=O) groups excluding carboxylic acids is 6. The number of carbonyl (C=O) groups is 6. The summed E-state index contributed by atoms with van der Waals surface area (Å²) in [7, 11) is 0. The number of hydrogen-bond acceptors (Lipinski definition) is 9. The summed E-state index contributed by atoms with van der Waals surface area (Å²) in [5.41, 5.74) is 4.85. The van der Waals surface area contributed by atoms with E-state index in [-0.39, 0.29) is 37.4 Å². The predicted octanol–water partition coefficient (Wildman–Crippen LogP) is 3.13. The molecule has 6 amide bonds. The van der Waals surface area contributed by atoms with Gasteiger partial charge in [0.15, 0.2) is 0 Å². The molecule has 6 rings (SSSR count). The number of urea groups is 1. The Labute approximate surface area is 338 Å². The highest BCUT2D eigenvalue weighted by Crippen LogP contribution is 2.34.